The SMILES string of the molecule is COC(=O)c1ccccc1N(C)C(=O)Cc1ccsc1. The van der Waals surface area contributed by atoms with Gasteiger partial charge in [0.1, 0.15) is 0 Å². The summed E-state index contributed by atoms with van der Waals surface area (Å²) in [5, 5.41) is 3.88. The first-order valence-electron chi connectivity index (χ1n) is 6.08. The summed E-state index contributed by atoms with van der Waals surface area (Å²) >= 11 is 1.56. The number of methoxy groups -OCH3 is 1. The van der Waals surface area contributed by atoms with Gasteiger partial charge in [0.05, 0.1) is 24.8 Å². The van der Waals surface area contributed by atoms with Crippen molar-refractivity contribution >= 4 is 28.9 Å². The molecule has 0 aliphatic heterocycles. The molecule has 5 heteroatoms. The summed E-state index contributed by atoms with van der Waals surface area (Å²) < 4.78 is 4.74. The molecule has 0 radical (unpaired) electrons. The lowest BCUT2D eigenvalue weighted by Gasteiger charge is -2.19. The second-order valence-corrected chi connectivity index (χ2v) is 5.05. The van der Waals surface area contributed by atoms with Gasteiger partial charge in [-0.05, 0) is 34.5 Å². The van der Waals surface area contributed by atoms with Gasteiger partial charge in [0.2, 0.25) is 5.91 Å². The molecule has 2 aromatic rings. The van der Waals surface area contributed by atoms with Crippen molar-refractivity contribution in [3.63, 3.8) is 0 Å². The Morgan fingerprint density at radius 2 is 2.00 bits per heavy atom. The molecular formula is C15H15NO3S. The second-order valence-electron chi connectivity index (χ2n) is 4.27. The van der Waals surface area contributed by atoms with Gasteiger partial charge in [-0.15, -0.1) is 0 Å². The van der Waals surface area contributed by atoms with Crippen molar-refractivity contribution in [3.8, 4) is 0 Å². The Balaban J connectivity index is 2.22. The van der Waals surface area contributed by atoms with Crippen LogP contribution in [0.15, 0.2) is 41.1 Å². The highest BCUT2D eigenvalue weighted by Gasteiger charge is 2.18. The first kappa shape index (κ1) is 14.3. The monoisotopic (exact) mass is 289 g/mol. The van der Waals surface area contributed by atoms with E-state index in [1.807, 2.05) is 16.8 Å². The van der Waals surface area contributed by atoms with Crippen LogP contribution in [0.2, 0.25) is 0 Å². The topological polar surface area (TPSA) is 46.6 Å². The van der Waals surface area contributed by atoms with Gasteiger partial charge in [-0.3, -0.25) is 4.79 Å². The first-order chi connectivity index (χ1) is 9.63. The molecule has 20 heavy (non-hydrogen) atoms. The maximum atomic E-state index is 12.3. The van der Waals surface area contributed by atoms with E-state index in [1.165, 1.54) is 12.0 Å². The van der Waals surface area contributed by atoms with E-state index in [9.17, 15) is 9.59 Å². The number of rotatable bonds is 4. The molecule has 0 bridgehead atoms. The molecule has 1 heterocycles. The van der Waals surface area contributed by atoms with Crippen molar-refractivity contribution in [2.24, 2.45) is 0 Å². The summed E-state index contributed by atoms with van der Waals surface area (Å²) in [7, 11) is 2.99. The van der Waals surface area contributed by atoms with Crippen LogP contribution in [0.1, 0.15) is 15.9 Å². The Morgan fingerprint density at radius 1 is 1.25 bits per heavy atom. The number of nitrogens with zero attached hydrogens (tertiary/aromatic N) is 1. The zero-order valence-electron chi connectivity index (χ0n) is 11.3. The lowest BCUT2D eigenvalue weighted by molar-refractivity contribution is -0.117. The van der Waals surface area contributed by atoms with Crippen LogP contribution in [0.4, 0.5) is 5.69 Å². The van der Waals surface area contributed by atoms with Crippen LogP contribution in [-0.2, 0) is 16.0 Å². The maximum Gasteiger partial charge on any atom is 0.339 e. The van der Waals surface area contributed by atoms with Gasteiger partial charge < -0.3 is 9.64 Å². The fraction of sp³-hybridized carbons (Fsp3) is 0.200. The van der Waals surface area contributed by atoms with Gasteiger partial charge >= 0.3 is 5.97 Å². The molecule has 0 N–H and O–H groups in total. The zero-order valence-corrected chi connectivity index (χ0v) is 12.1. The number of para-hydroxylation sites is 1. The van der Waals surface area contributed by atoms with Crippen LogP contribution in [0.25, 0.3) is 0 Å². The van der Waals surface area contributed by atoms with Crippen LogP contribution < -0.4 is 4.90 Å². The van der Waals surface area contributed by atoms with E-state index < -0.39 is 5.97 Å². The van der Waals surface area contributed by atoms with E-state index >= 15 is 0 Å². The van der Waals surface area contributed by atoms with Gasteiger partial charge in [-0.1, -0.05) is 12.1 Å². The van der Waals surface area contributed by atoms with Crippen molar-refractivity contribution < 1.29 is 14.3 Å². The lowest BCUT2D eigenvalue weighted by Crippen LogP contribution is -2.29. The molecule has 0 spiro atoms. The molecule has 2 rings (SSSR count). The Hall–Kier alpha value is -2.14. The molecule has 4 nitrogen and oxygen atoms in total. The number of carbonyl (C=O) groups excluding carboxylic acids is 2. The van der Waals surface area contributed by atoms with Crippen LogP contribution in [0.5, 0.6) is 0 Å². The minimum atomic E-state index is -0.448. The second kappa shape index (κ2) is 6.34. The molecular weight excluding hydrogens is 274 g/mol. The van der Waals surface area contributed by atoms with Gasteiger partial charge in [0.25, 0.3) is 0 Å². The highest BCUT2D eigenvalue weighted by atomic mass is 32.1. The third kappa shape index (κ3) is 3.05. The Labute approximate surface area is 121 Å². The fourth-order valence-electron chi connectivity index (χ4n) is 1.87. The maximum absolute atomic E-state index is 12.3. The summed E-state index contributed by atoms with van der Waals surface area (Å²) in [4.78, 5) is 25.5. The van der Waals surface area contributed by atoms with Gasteiger partial charge in [-0.25, -0.2) is 4.79 Å². The quantitative estimate of drug-likeness (QED) is 0.813. The molecule has 0 unspecified atom stereocenters. The van der Waals surface area contributed by atoms with E-state index in [2.05, 4.69) is 0 Å². The van der Waals surface area contributed by atoms with Crippen molar-refractivity contribution in [1.29, 1.82) is 0 Å². The number of likely N-dealkylation sites (N-methyl/N-ethyl adjacent to an activating group) is 1. The first-order valence-corrected chi connectivity index (χ1v) is 7.02. The smallest absolute Gasteiger partial charge is 0.339 e. The summed E-state index contributed by atoms with van der Waals surface area (Å²) in [6.45, 7) is 0. The van der Waals surface area contributed by atoms with E-state index in [-0.39, 0.29) is 5.91 Å². The predicted molar refractivity (Wildman–Crippen MR) is 79.2 cm³/mol. The van der Waals surface area contributed by atoms with Gasteiger partial charge in [0, 0.05) is 7.05 Å². The summed E-state index contributed by atoms with van der Waals surface area (Å²) in [5.74, 6) is -0.518. The molecule has 0 aliphatic carbocycles. The normalized spacial score (nSPS) is 10.1. The Kier molecular flexibility index (Phi) is 4.53. The standard InChI is InChI=1S/C15H15NO3S/c1-16(14(17)9-11-7-8-20-10-11)13-6-4-3-5-12(13)15(18)19-2/h3-8,10H,9H2,1-2H3. The Morgan fingerprint density at radius 3 is 2.65 bits per heavy atom. The van der Waals surface area contributed by atoms with Crippen LogP contribution in [0.3, 0.4) is 0 Å². The number of amides is 1. The van der Waals surface area contributed by atoms with E-state index in [0.29, 0.717) is 17.7 Å². The third-order valence-electron chi connectivity index (χ3n) is 2.98. The van der Waals surface area contributed by atoms with Crippen molar-refractivity contribution in [2.75, 3.05) is 19.1 Å². The van der Waals surface area contributed by atoms with Crippen molar-refractivity contribution in [2.45, 2.75) is 6.42 Å². The average Bonchev–Trinajstić information content (AvgIpc) is 2.98. The number of esters is 1. The highest BCUT2D eigenvalue weighted by Crippen LogP contribution is 2.21. The molecule has 0 fully saturated rings. The van der Waals surface area contributed by atoms with Crippen molar-refractivity contribution in [1.82, 2.24) is 0 Å². The number of anilines is 1. The summed E-state index contributed by atoms with van der Waals surface area (Å²) in [6.07, 6.45) is 0.315. The summed E-state index contributed by atoms with van der Waals surface area (Å²) in [5.41, 5.74) is 1.91. The molecule has 0 saturated heterocycles. The lowest BCUT2D eigenvalue weighted by atomic mass is 10.1. The van der Waals surface area contributed by atoms with E-state index in [0.717, 1.165) is 5.56 Å². The molecule has 0 saturated carbocycles. The highest BCUT2D eigenvalue weighted by molar-refractivity contribution is 7.08. The third-order valence-corrected chi connectivity index (χ3v) is 3.71. The minimum absolute atomic E-state index is 0.0697. The number of carbonyl (C=O) groups is 2. The summed E-state index contributed by atoms with van der Waals surface area (Å²) in [6, 6.07) is 8.83. The van der Waals surface area contributed by atoms with E-state index in [4.69, 9.17) is 4.74 Å². The minimum Gasteiger partial charge on any atom is -0.465 e. The van der Waals surface area contributed by atoms with Crippen LogP contribution in [-0.4, -0.2) is 26.0 Å². The number of ether oxygens (including phenoxy) is 1. The molecule has 1 aromatic carbocycles. The number of benzene rings is 1. The number of thiophene rings is 1. The van der Waals surface area contributed by atoms with Crippen molar-refractivity contribution in [3.05, 3.63) is 52.2 Å². The largest absolute Gasteiger partial charge is 0.465 e. The van der Waals surface area contributed by atoms with Crippen LogP contribution >= 0.6 is 11.3 Å². The molecule has 1 amide bonds. The molecule has 104 valence electrons. The van der Waals surface area contributed by atoms with Gasteiger partial charge in [-0.2, -0.15) is 11.3 Å². The fourth-order valence-corrected chi connectivity index (χ4v) is 2.54. The Bertz CT molecular complexity index is 607. The predicted octanol–water partition coefficient (Wildman–Crippen LogP) is 2.74. The number of hydrogen-bond acceptors (Lipinski definition) is 4. The molecule has 1 aromatic heterocycles. The molecule has 0 atom stereocenters. The average molecular weight is 289 g/mol. The van der Waals surface area contributed by atoms with E-state index in [1.54, 1.807) is 42.6 Å². The zero-order chi connectivity index (χ0) is 14.5. The number of hydrogen-bond donors (Lipinski definition) is 0. The van der Waals surface area contributed by atoms with Crippen LogP contribution in [0, 0.1) is 0 Å². The van der Waals surface area contributed by atoms with Gasteiger partial charge in [0.15, 0.2) is 0 Å². The molecule has 0 aliphatic rings.